The zero-order valence-corrected chi connectivity index (χ0v) is 9.27. The van der Waals surface area contributed by atoms with Crippen molar-refractivity contribution in [3.05, 3.63) is 12.2 Å². The molecule has 2 rings (SSSR count). The van der Waals surface area contributed by atoms with Crippen molar-refractivity contribution in [2.75, 3.05) is 26.3 Å². The third-order valence-corrected chi connectivity index (χ3v) is 3.38. The minimum absolute atomic E-state index is 0.159. The maximum absolute atomic E-state index is 10.1. The molecule has 3 nitrogen and oxygen atoms in total. The molecule has 15 heavy (non-hydrogen) atoms. The van der Waals surface area contributed by atoms with Crippen LogP contribution in [0.5, 0.6) is 0 Å². The van der Waals surface area contributed by atoms with Crippen LogP contribution in [0.3, 0.4) is 0 Å². The number of rotatable bonds is 1. The van der Waals surface area contributed by atoms with Crippen molar-refractivity contribution < 1.29 is 9.84 Å². The summed E-state index contributed by atoms with van der Waals surface area (Å²) < 4.78 is 5.34. The molecular formula is C12H21NO2. The average molecular weight is 211 g/mol. The minimum Gasteiger partial charge on any atom is -0.391 e. The lowest BCUT2D eigenvalue weighted by Crippen LogP contribution is -2.49. The Balaban J connectivity index is 1.94. The van der Waals surface area contributed by atoms with Gasteiger partial charge >= 0.3 is 0 Å². The summed E-state index contributed by atoms with van der Waals surface area (Å²) in [7, 11) is 0. The molecule has 0 aromatic carbocycles. The Morgan fingerprint density at radius 1 is 1.07 bits per heavy atom. The maximum Gasteiger partial charge on any atom is 0.0698 e. The number of aliphatic hydroxyl groups excluding tert-OH is 1. The monoisotopic (exact) mass is 211 g/mol. The lowest BCUT2D eigenvalue weighted by molar-refractivity contribution is -0.0262. The molecule has 0 spiro atoms. The number of hydrogen-bond acceptors (Lipinski definition) is 3. The Bertz CT molecular complexity index is 212. The van der Waals surface area contributed by atoms with Crippen LogP contribution in [0.15, 0.2) is 12.2 Å². The summed E-state index contributed by atoms with van der Waals surface area (Å²) in [4.78, 5) is 2.40. The Kier molecular flexibility index (Phi) is 4.18. The Labute approximate surface area is 91.7 Å². The summed E-state index contributed by atoms with van der Waals surface area (Å²) >= 11 is 0. The quantitative estimate of drug-likeness (QED) is 0.661. The summed E-state index contributed by atoms with van der Waals surface area (Å²) in [5.41, 5.74) is 0. The van der Waals surface area contributed by atoms with Crippen molar-refractivity contribution in [1.29, 1.82) is 0 Å². The van der Waals surface area contributed by atoms with Crippen LogP contribution < -0.4 is 0 Å². The Morgan fingerprint density at radius 3 is 2.47 bits per heavy atom. The van der Waals surface area contributed by atoms with E-state index in [0.29, 0.717) is 6.04 Å². The van der Waals surface area contributed by atoms with Gasteiger partial charge in [0.05, 0.1) is 19.3 Å². The summed E-state index contributed by atoms with van der Waals surface area (Å²) in [5, 5.41) is 10.1. The number of ether oxygens (including phenoxy) is 1. The molecule has 0 unspecified atom stereocenters. The number of aliphatic hydroxyl groups is 1. The van der Waals surface area contributed by atoms with E-state index in [1.807, 2.05) is 0 Å². The topological polar surface area (TPSA) is 32.7 Å². The summed E-state index contributed by atoms with van der Waals surface area (Å²) in [6.45, 7) is 3.59. The Hall–Kier alpha value is -0.380. The molecule has 3 heteroatoms. The van der Waals surface area contributed by atoms with E-state index in [9.17, 15) is 5.11 Å². The second-order valence-corrected chi connectivity index (χ2v) is 4.41. The first-order chi connectivity index (χ1) is 7.38. The fraction of sp³-hybridized carbons (Fsp3) is 0.833. The van der Waals surface area contributed by atoms with Gasteiger partial charge in [-0.3, -0.25) is 4.90 Å². The molecule has 0 aromatic heterocycles. The van der Waals surface area contributed by atoms with Crippen LogP contribution in [0.25, 0.3) is 0 Å². The van der Waals surface area contributed by atoms with Gasteiger partial charge in [0, 0.05) is 19.1 Å². The lowest BCUT2D eigenvalue weighted by atomic mass is 9.96. The van der Waals surface area contributed by atoms with Crippen LogP contribution in [0, 0.1) is 0 Å². The first-order valence-corrected chi connectivity index (χ1v) is 6.03. The number of morpholine rings is 1. The van der Waals surface area contributed by atoms with Crippen molar-refractivity contribution in [3.8, 4) is 0 Å². The maximum atomic E-state index is 10.1. The smallest absolute Gasteiger partial charge is 0.0698 e. The van der Waals surface area contributed by atoms with E-state index in [2.05, 4.69) is 17.1 Å². The van der Waals surface area contributed by atoms with Crippen LogP contribution in [0.2, 0.25) is 0 Å². The summed E-state index contributed by atoms with van der Waals surface area (Å²) in [6.07, 6.45) is 8.38. The predicted molar refractivity (Wildman–Crippen MR) is 59.8 cm³/mol. The fourth-order valence-electron chi connectivity index (χ4n) is 2.49. The normalized spacial score (nSPS) is 34.7. The third-order valence-electron chi connectivity index (χ3n) is 3.38. The van der Waals surface area contributed by atoms with Gasteiger partial charge in [0.25, 0.3) is 0 Å². The molecule has 0 aromatic rings. The minimum atomic E-state index is -0.159. The number of allylic oxidation sites excluding steroid dienone is 2. The van der Waals surface area contributed by atoms with E-state index < -0.39 is 0 Å². The second kappa shape index (κ2) is 5.64. The van der Waals surface area contributed by atoms with Gasteiger partial charge in [0.15, 0.2) is 0 Å². The van der Waals surface area contributed by atoms with Crippen molar-refractivity contribution >= 4 is 0 Å². The van der Waals surface area contributed by atoms with Gasteiger partial charge in [0.1, 0.15) is 0 Å². The van der Waals surface area contributed by atoms with E-state index in [-0.39, 0.29) is 6.10 Å². The molecule has 0 bridgehead atoms. The van der Waals surface area contributed by atoms with Gasteiger partial charge in [-0.05, 0) is 25.7 Å². The van der Waals surface area contributed by atoms with Crippen LogP contribution >= 0.6 is 0 Å². The van der Waals surface area contributed by atoms with Crippen molar-refractivity contribution in [3.63, 3.8) is 0 Å². The van der Waals surface area contributed by atoms with Crippen molar-refractivity contribution in [2.24, 2.45) is 0 Å². The molecule has 1 fully saturated rings. The molecule has 2 aliphatic rings. The largest absolute Gasteiger partial charge is 0.391 e. The molecule has 1 aliphatic heterocycles. The SMILES string of the molecule is O[C@@H]1CCC=CCC[C@H]1N1CCOCC1. The molecule has 0 radical (unpaired) electrons. The van der Waals surface area contributed by atoms with Gasteiger partial charge in [-0.1, -0.05) is 12.2 Å². The molecule has 86 valence electrons. The van der Waals surface area contributed by atoms with Gasteiger partial charge in [-0.15, -0.1) is 0 Å². The zero-order valence-electron chi connectivity index (χ0n) is 9.27. The summed E-state index contributed by atoms with van der Waals surface area (Å²) in [6, 6.07) is 0.346. The van der Waals surface area contributed by atoms with Gasteiger partial charge in [0.2, 0.25) is 0 Å². The molecule has 0 saturated carbocycles. The first-order valence-electron chi connectivity index (χ1n) is 6.03. The van der Waals surface area contributed by atoms with Crippen LogP contribution in [0.4, 0.5) is 0 Å². The van der Waals surface area contributed by atoms with E-state index in [1.54, 1.807) is 0 Å². The van der Waals surface area contributed by atoms with E-state index in [0.717, 1.165) is 52.0 Å². The van der Waals surface area contributed by atoms with Gasteiger partial charge < -0.3 is 9.84 Å². The molecular weight excluding hydrogens is 190 g/mol. The lowest BCUT2D eigenvalue weighted by Gasteiger charge is -2.37. The van der Waals surface area contributed by atoms with Crippen LogP contribution in [-0.4, -0.2) is 48.5 Å². The van der Waals surface area contributed by atoms with Gasteiger partial charge in [-0.25, -0.2) is 0 Å². The standard InChI is InChI=1S/C12H21NO2/c14-12-6-4-2-1-3-5-11(12)13-7-9-15-10-8-13/h1-2,11-12,14H,3-10H2/t11-,12-/m1/s1. The van der Waals surface area contributed by atoms with E-state index in [4.69, 9.17) is 4.74 Å². The fourth-order valence-corrected chi connectivity index (χ4v) is 2.49. The van der Waals surface area contributed by atoms with Crippen LogP contribution in [0.1, 0.15) is 25.7 Å². The molecule has 1 heterocycles. The molecule has 1 aliphatic carbocycles. The third kappa shape index (κ3) is 3.03. The molecule has 2 atom stereocenters. The molecule has 0 amide bonds. The number of hydrogen-bond donors (Lipinski definition) is 1. The second-order valence-electron chi connectivity index (χ2n) is 4.41. The van der Waals surface area contributed by atoms with E-state index in [1.165, 1.54) is 0 Å². The predicted octanol–water partition coefficient (Wildman–Crippen LogP) is 1.18. The van der Waals surface area contributed by atoms with E-state index >= 15 is 0 Å². The average Bonchev–Trinajstić information content (AvgIpc) is 2.25. The summed E-state index contributed by atoms with van der Waals surface area (Å²) in [5.74, 6) is 0. The highest BCUT2D eigenvalue weighted by atomic mass is 16.5. The zero-order chi connectivity index (χ0) is 10.5. The van der Waals surface area contributed by atoms with Crippen molar-refractivity contribution in [1.82, 2.24) is 4.90 Å². The molecule has 1 saturated heterocycles. The number of nitrogens with zero attached hydrogens (tertiary/aromatic N) is 1. The molecule has 1 N–H and O–H groups in total. The van der Waals surface area contributed by atoms with Crippen molar-refractivity contribution in [2.45, 2.75) is 37.8 Å². The highest BCUT2D eigenvalue weighted by Gasteiger charge is 2.26. The van der Waals surface area contributed by atoms with Gasteiger partial charge in [-0.2, -0.15) is 0 Å². The van der Waals surface area contributed by atoms with Crippen LogP contribution in [-0.2, 0) is 4.74 Å². The highest BCUT2D eigenvalue weighted by molar-refractivity contribution is 4.91. The first kappa shape index (κ1) is 11.1. The highest BCUT2D eigenvalue weighted by Crippen LogP contribution is 2.19. The Morgan fingerprint density at radius 2 is 1.73 bits per heavy atom.